The molecule has 0 radical (unpaired) electrons. The molecule has 0 aliphatic heterocycles. The lowest BCUT2D eigenvalue weighted by molar-refractivity contribution is 0.478. The van der Waals surface area contributed by atoms with Crippen LogP contribution >= 0.6 is 34.8 Å². The Balaban J connectivity index is 2.31. The lowest BCUT2D eigenvalue weighted by Gasteiger charge is -2.09. The quantitative estimate of drug-likeness (QED) is 0.817. The van der Waals surface area contributed by atoms with Gasteiger partial charge in [-0.25, -0.2) is 0 Å². The number of benzene rings is 1. The topological polar surface area (TPSA) is 35.0 Å². The van der Waals surface area contributed by atoms with Crippen molar-refractivity contribution in [1.82, 2.24) is 10.2 Å². The van der Waals surface area contributed by atoms with Gasteiger partial charge in [-0.15, -0.1) is 10.2 Å². The standard InChI is InChI=1S/C12H9Cl3N2O/c1-2-7-5-8(3-4-9(7)13)18-10-6-11(14)16-17-12(10)15/h3-6H,2H2,1H3. The average Bonchev–Trinajstić information content (AvgIpc) is 2.36. The molecule has 0 aliphatic carbocycles. The Morgan fingerprint density at radius 3 is 2.61 bits per heavy atom. The minimum atomic E-state index is 0.160. The summed E-state index contributed by atoms with van der Waals surface area (Å²) in [6.07, 6.45) is 0.819. The summed E-state index contributed by atoms with van der Waals surface area (Å²) in [5.74, 6) is 0.989. The van der Waals surface area contributed by atoms with Crippen LogP contribution in [-0.4, -0.2) is 10.2 Å². The highest BCUT2D eigenvalue weighted by Gasteiger charge is 2.08. The predicted molar refractivity (Wildman–Crippen MR) is 73.0 cm³/mol. The highest BCUT2D eigenvalue weighted by atomic mass is 35.5. The van der Waals surface area contributed by atoms with Gasteiger partial charge >= 0.3 is 0 Å². The first kappa shape index (κ1) is 13.4. The third-order valence-electron chi connectivity index (χ3n) is 2.31. The lowest BCUT2D eigenvalue weighted by atomic mass is 10.1. The zero-order valence-electron chi connectivity index (χ0n) is 9.45. The highest BCUT2D eigenvalue weighted by Crippen LogP contribution is 2.31. The van der Waals surface area contributed by atoms with E-state index in [2.05, 4.69) is 10.2 Å². The summed E-state index contributed by atoms with van der Waals surface area (Å²) >= 11 is 17.6. The molecule has 0 spiro atoms. The number of aromatic nitrogens is 2. The first-order valence-electron chi connectivity index (χ1n) is 5.25. The van der Waals surface area contributed by atoms with E-state index in [0.717, 1.165) is 12.0 Å². The summed E-state index contributed by atoms with van der Waals surface area (Å²) in [6.45, 7) is 2.02. The number of rotatable bonds is 3. The van der Waals surface area contributed by atoms with E-state index in [1.807, 2.05) is 13.0 Å². The van der Waals surface area contributed by atoms with Crippen molar-refractivity contribution in [2.75, 3.05) is 0 Å². The molecular weight excluding hydrogens is 295 g/mol. The zero-order chi connectivity index (χ0) is 13.1. The van der Waals surface area contributed by atoms with Gasteiger partial charge in [-0.3, -0.25) is 0 Å². The van der Waals surface area contributed by atoms with Gasteiger partial charge in [0.15, 0.2) is 16.1 Å². The number of aryl methyl sites for hydroxylation is 1. The third-order valence-corrected chi connectivity index (χ3v) is 3.13. The number of hydrogen-bond acceptors (Lipinski definition) is 3. The highest BCUT2D eigenvalue weighted by molar-refractivity contribution is 6.32. The second kappa shape index (κ2) is 5.74. The molecule has 3 nitrogen and oxygen atoms in total. The molecule has 0 saturated heterocycles. The van der Waals surface area contributed by atoms with E-state index in [4.69, 9.17) is 39.5 Å². The summed E-state index contributed by atoms with van der Waals surface area (Å²) < 4.78 is 5.61. The molecule has 0 amide bonds. The molecule has 1 heterocycles. The minimum Gasteiger partial charge on any atom is -0.454 e. The summed E-state index contributed by atoms with van der Waals surface area (Å²) in [6, 6.07) is 6.90. The molecule has 0 bridgehead atoms. The van der Waals surface area contributed by atoms with E-state index in [-0.39, 0.29) is 10.3 Å². The average molecular weight is 304 g/mol. The van der Waals surface area contributed by atoms with Crippen LogP contribution in [0.3, 0.4) is 0 Å². The van der Waals surface area contributed by atoms with Crippen LogP contribution in [0.4, 0.5) is 0 Å². The van der Waals surface area contributed by atoms with E-state index < -0.39 is 0 Å². The van der Waals surface area contributed by atoms with Crippen LogP contribution in [0, 0.1) is 0 Å². The Hall–Kier alpha value is -1.03. The van der Waals surface area contributed by atoms with Gasteiger partial charge < -0.3 is 4.74 Å². The summed E-state index contributed by atoms with van der Waals surface area (Å²) in [7, 11) is 0. The summed E-state index contributed by atoms with van der Waals surface area (Å²) in [5, 5.41) is 8.37. The van der Waals surface area contributed by atoms with Gasteiger partial charge in [-0.2, -0.15) is 0 Å². The molecule has 1 aromatic heterocycles. The van der Waals surface area contributed by atoms with E-state index in [1.165, 1.54) is 6.07 Å². The van der Waals surface area contributed by atoms with Gasteiger partial charge in [0.1, 0.15) is 5.75 Å². The molecule has 2 rings (SSSR count). The van der Waals surface area contributed by atoms with Crippen molar-refractivity contribution >= 4 is 34.8 Å². The second-order valence-electron chi connectivity index (χ2n) is 3.53. The molecule has 0 N–H and O–H groups in total. The van der Waals surface area contributed by atoms with Gasteiger partial charge in [-0.05, 0) is 30.2 Å². The van der Waals surface area contributed by atoms with Crippen molar-refractivity contribution in [2.24, 2.45) is 0 Å². The molecule has 1 aromatic carbocycles. The smallest absolute Gasteiger partial charge is 0.194 e. The normalized spacial score (nSPS) is 10.4. The number of halogens is 3. The van der Waals surface area contributed by atoms with Crippen molar-refractivity contribution in [3.8, 4) is 11.5 Å². The fourth-order valence-corrected chi connectivity index (χ4v) is 1.94. The largest absolute Gasteiger partial charge is 0.454 e. The van der Waals surface area contributed by atoms with Crippen LogP contribution in [0.2, 0.25) is 15.3 Å². The van der Waals surface area contributed by atoms with Gasteiger partial charge in [0.25, 0.3) is 0 Å². The molecule has 94 valence electrons. The maximum Gasteiger partial charge on any atom is 0.194 e. The second-order valence-corrected chi connectivity index (χ2v) is 4.68. The molecular formula is C12H9Cl3N2O. The minimum absolute atomic E-state index is 0.160. The number of nitrogens with zero attached hydrogens (tertiary/aromatic N) is 2. The van der Waals surface area contributed by atoms with Gasteiger partial charge in [0.05, 0.1) is 0 Å². The third kappa shape index (κ3) is 3.05. The Labute approximate surface area is 120 Å². The maximum atomic E-state index is 6.03. The Bertz CT molecular complexity index is 575. The Morgan fingerprint density at radius 2 is 1.89 bits per heavy atom. The summed E-state index contributed by atoms with van der Waals surface area (Å²) in [4.78, 5) is 0. The van der Waals surface area contributed by atoms with Crippen molar-refractivity contribution in [3.63, 3.8) is 0 Å². The van der Waals surface area contributed by atoms with Crippen LogP contribution in [0.1, 0.15) is 12.5 Å². The lowest BCUT2D eigenvalue weighted by Crippen LogP contribution is -1.91. The zero-order valence-corrected chi connectivity index (χ0v) is 11.7. The maximum absolute atomic E-state index is 6.03. The van der Waals surface area contributed by atoms with Crippen molar-refractivity contribution in [2.45, 2.75) is 13.3 Å². The Kier molecular flexibility index (Phi) is 4.27. The molecule has 6 heteroatoms. The van der Waals surface area contributed by atoms with Crippen LogP contribution in [0.5, 0.6) is 11.5 Å². The van der Waals surface area contributed by atoms with Crippen LogP contribution in [-0.2, 0) is 6.42 Å². The molecule has 0 aliphatic rings. The molecule has 0 unspecified atom stereocenters. The van der Waals surface area contributed by atoms with E-state index in [1.54, 1.807) is 12.1 Å². The van der Waals surface area contributed by atoms with Crippen molar-refractivity contribution in [1.29, 1.82) is 0 Å². The fourth-order valence-electron chi connectivity index (χ4n) is 1.42. The number of hydrogen-bond donors (Lipinski definition) is 0. The first-order valence-corrected chi connectivity index (χ1v) is 6.38. The van der Waals surface area contributed by atoms with Crippen LogP contribution < -0.4 is 4.74 Å². The van der Waals surface area contributed by atoms with Gasteiger partial charge in [0, 0.05) is 11.1 Å². The molecule has 0 atom stereocenters. The monoisotopic (exact) mass is 302 g/mol. The van der Waals surface area contributed by atoms with E-state index in [9.17, 15) is 0 Å². The van der Waals surface area contributed by atoms with Crippen LogP contribution in [0.25, 0.3) is 0 Å². The SMILES string of the molecule is CCc1cc(Oc2cc(Cl)nnc2Cl)ccc1Cl. The summed E-state index contributed by atoms with van der Waals surface area (Å²) in [5.41, 5.74) is 0.999. The molecule has 2 aromatic rings. The fraction of sp³-hybridized carbons (Fsp3) is 0.167. The van der Waals surface area contributed by atoms with E-state index >= 15 is 0 Å². The molecule has 0 fully saturated rings. The van der Waals surface area contributed by atoms with Crippen LogP contribution in [0.15, 0.2) is 24.3 Å². The first-order chi connectivity index (χ1) is 8.60. The van der Waals surface area contributed by atoms with Crippen molar-refractivity contribution in [3.05, 3.63) is 45.2 Å². The van der Waals surface area contributed by atoms with Gasteiger partial charge in [0.2, 0.25) is 0 Å². The van der Waals surface area contributed by atoms with Crippen molar-refractivity contribution < 1.29 is 4.74 Å². The van der Waals surface area contributed by atoms with Gasteiger partial charge in [-0.1, -0.05) is 41.7 Å². The Morgan fingerprint density at radius 1 is 1.11 bits per heavy atom. The predicted octanol–water partition coefficient (Wildman–Crippen LogP) is 4.79. The number of ether oxygens (including phenoxy) is 1. The van der Waals surface area contributed by atoms with E-state index in [0.29, 0.717) is 16.5 Å². The molecule has 18 heavy (non-hydrogen) atoms. The molecule has 0 saturated carbocycles.